The third-order valence-corrected chi connectivity index (χ3v) is 2.58. The minimum absolute atomic E-state index is 0.0468. The lowest BCUT2D eigenvalue weighted by molar-refractivity contribution is -0.215. The van der Waals surface area contributed by atoms with Gasteiger partial charge in [-0.15, -0.1) is 0 Å². The maximum absolute atomic E-state index is 13.6. The van der Waals surface area contributed by atoms with E-state index in [1.54, 1.807) is 18.1 Å². The van der Waals surface area contributed by atoms with Crippen LogP contribution in [0.3, 0.4) is 0 Å². The molecule has 0 aliphatic heterocycles. The molecule has 1 heterocycles. The van der Waals surface area contributed by atoms with Crippen molar-refractivity contribution in [2.24, 2.45) is 11.5 Å². The number of primary amides is 1. The number of rotatable bonds is 6. The standard InChI is InChI=1S/C12H13F4N5O/c1-3-7(17)5-4-6(2)8-19-10(21-20-8)12(15,16)11(13,14)9(18)22/h3-5H,2,17H2,1H3,(H2,18,22)(H,19,20,21)/b5-4-,7-3+. The van der Waals surface area contributed by atoms with Gasteiger partial charge in [0, 0.05) is 11.3 Å². The molecular formula is C12H13F4N5O. The molecule has 1 amide bonds. The van der Waals surface area contributed by atoms with Crippen molar-refractivity contribution in [3.63, 3.8) is 0 Å². The molecule has 0 radical (unpaired) electrons. The van der Waals surface area contributed by atoms with Crippen molar-refractivity contribution in [2.75, 3.05) is 0 Å². The first-order valence-electron chi connectivity index (χ1n) is 5.81. The van der Waals surface area contributed by atoms with E-state index in [-0.39, 0.29) is 11.4 Å². The van der Waals surface area contributed by atoms with E-state index in [2.05, 4.69) is 22.4 Å². The first kappa shape index (κ1) is 17.4. The Morgan fingerprint density at radius 2 is 1.86 bits per heavy atom. The van der Waals surface area contributed by atoms with Crippen LogP contribution in [0.1, 0.15) is 18.6 Å². The Hall–Kier alpha value is -2.65. The summed E-state index contributed by atoms with van der Waals surface area (Å²) in [6, 6.07) is 0. The summed E-state index contributed by atoms with van der Waals surface area (Å²) in [4.78, 5) is 13.7. The summed E-state index contributed by atoms with van der Waals surface area (Å²) in [6.45, 7) is 5.15. The van der Waals surface area contributed by atoms with Crippen molar-refractivity contribution >= 4 is 11.5 Å². The van der Waals surface area contributed by atoms with Gasteiger partial charge in [-0.05, 0) is 19.1 Å². The molecule has 0 unspecified atom stereocenters. The van der Waals surface area contributed by atoms with Crippen molar-refractivity contribution < 1.29 is 22.4 Å². The molecule has 0 aliphatic carbocycles. The Labute approximate surface area is 122 Å². The smallest absolute Gasteiger partial charge is 0.393 e. The predicted octanol–water partition coefficient (Wildman–Crippen LogP) is 1.45. The van der Waals surface area contributed by atoms with Crippen LogP contribution in [0.25, 0.3) is 5.57 Å². The first-order valence-corrected chi connectivity index (χ1v) is 5.81. The lowest BCUT2D eigenvalue weighted by Gasteiger charge is -2.21. The highest BCUT2D eigenvalue weighted by Gasteiger charge is 2.64. The third kappa shape index (κ3) is 3.15. The zero-order valence-corrected chi connectivity index (χ0v) is 11.4. The molecule has 1 aromatic heterocycles. The summed E-state index contributed by atoms with van der Waals surface area (Å²) in [6.07, 6.45) is 4.27. The van der Waals surface area contributed by atoms with Crippen LogP contribution in [0, 0.1) is 0 Å². The van der Waals surface area contributed by atoms with E-state index in [1.807, 2.05) is 0 Å². The molecule has 22 heavy (non-hydrogen) atoms. The normalized spacial score (nSPS) is 13.6. The highest BCUT2D eigenvalue weighted by Crippen LogP contribution is 2.41. The van der Waals surface area contributed by atoms with Gasteiger partial charge in [0.1, 0.15) is 0 Å². The van der Waals surface area contributed by atoms with Crippen LogP contribution in [0.2, 0.25) is 0 Å². The van der Waals surface area contributed by atoms with E-state index in [9.17, 15) is 22.4 Å². The number of H-pyrrole nitrogens is 1. The van der Waals surface area contributed by atoms with Crippen molar-refractivity contribution in [1.29, 1.82) is 0 Å². The average Bonchev–Trinajstić information content (AvgIpc) is 2.94. The van der Waals surface area contributed by atoms with Gasteiger partial charge < -0.3 is 11.5 Å². The van der Waals surface area contributed by atoms with Crippen molar-refractivity contribution in [3.05, 3.63) is 42.2 Å². The quantitative estimate of drug-likeness (QED) is 0.544. The van der Waals surface area contributed by atoms with Gasteiger partial charge in [0.25, 0.3) is 5.91 Å². The molecule has 6 nitrogen and oxygen atoms in total. The van der Waals surface area contributed by atoms with Gasteiger partial charge in [-0.2, -0.15) is 22.7 Å². The Kier molecular flexibility index (Phi) is 4.74. The monoisotopic (exact) mass is 319 g/mol. The van der Waals surface area contributed by atoms with Crippen LogP contribution in [-0.4, -0.2) is 27.0 Å². The number of allylic oxidation sites excluding steroid dienone is 4. The number of nitrogens with zero attached hydrogens (tertiary/aromatic N) is 2. The number of alkyl halides is 4. The van der Waals surface area contributed by atoms with E-state index in [0.29, 0.717) is 5.70 Å². The molecular weight excluding hydrogens is 306 g/mol. The fourth-order valence-corrected chi connectivity index (χ4v) is 1.22. The second-order valence-electron chi connectivity index (χ2n) is 4.17. The maximum Gasteiger partial charge on any atom is 0.393 e. The number of hydrogen-bond acceptors (Lipinski definition) is 4. The molecule has 0 atom stereocenters. The Morgan fingerprint density at radius 1 is 1.27 bits per heavy atom. The molecule has 0 fully saturated rings. The second kappa shape index (κ2) is 6.00. The molecule has 0 aromatic carbocycles. The summed E-state index contributed by atoms with van der Waals surface area (Å²) >= 11 is 0. The topological polar surface area (TPSA) is 111 Å². The number of nitrogens with one attached hydrogen (secondary N) is 1. The van der Waals surface area contributed by atoms with E-state index in [0.717, 1.165) is 0 Å². The molecule has 0 aliphatic rings. The zero-order chi connectivity index (χ0) is 17.1. The number of amides is 1. The lowest BCUT2D eigenvalue weighted by atomic mass is 10.1. The third-order valence-electron chi connectivity index (χ3n) is 2.58. The summed E-state index contributed by atoms with van der Waals surface area (Å²) in [7, 11) is 0. The van der Waals surface area contributed by atoms with Gasteiger partial charge in [0.05, 0.1) is 0 Å². The Balaban J connectivity index is 3.09. The van der Waals surface area contributed by atoms with Gasteiger partial charge in [0.2, 0.25) is 5.82 Å². The van der Waals surface area contributed by atoms with Gasteiger partial charge in [-0.1, -0.05) is 12.7 Å². The van der Waals surface area contributed by atoms with E-state index < -0.39 is 23.6 Å². The number of carbonyl (C=O) groups is 1. The van der Waals surface area contributed by atoms with Crippen molar-refractivity contribution in [2.45, 2.75) is 18.8 Å². The summed E-state index contributed by atoms with van der Waals surface area (Å²) in [5, 5.41) is 5.00. The highest BCUT2D eigenvalue weighted by atomic mass is 19.3. The van der Waals surface area contributed by atoms with Gasteiger partial charge in [-0.3, -0.25) is 9.89 Å². The van der Waals surface area contributed by atoms with Crippen LogP contribution < -0.4 is 11.5 Å². The SMILES string of the molecule is C=C(/C=C\C(N)=C/C)c1n[nH]c(C(F)(F)C(F)(F)C(N)=O)n1. The van der Waals surface area contributed by atoms with Crippen LogP contribution >= 0.6 is 0 Å². The number of nitrogens with two attached hydrogens (primary N) is 2. The summed E-state index contributed by atoms with van der Waals surface area (Å²) < 4.78 is 53.4. The molecule has 10 heteroatoms. The maximum atomic E-state index is 13.6. The lowest BCUT2D eigenvalue weighted by Crippen LogP contribution is -2.49. The fourth-order valence-electron chi connectivity index (χ4n) is 1.22. The summed E-state index contributed by atoms with van der Waals surface area (Å²) in [5.74, 6) is -14.4. The number of hydrogen-bond donors (Lipinski definition) is 3. The van der Waals surface area contributed by atoms with Crippen LogP contribution in [0.5, 0.6) is 0 Å². The molecule has 0 saturated carbocycles. The van der Waals surface area contributed by atoms with E-state index >= 15 is 0 Å². The average molecular weight is 319 g/mol. The second-order valence-corrected chi connectivity index (χ2v) is 4.17. The zero-order valence-electron chi connectivity index (χ0n) is 11.4. The number of aromatic amines is 1. The van der Waals surface area contributed by atoms with Crippen molar-refractivity contribution in [3.8, 4) is 0 Å². The predicted molar refractivity (Wildman–Crippen MR) is 70.5 cm³/mol. The number of carbonyl (C=O) groups excluding carboxylic acids is 1. The molecule has 5 N–H and O–H groups in total. The largest absolute Gasteiger partial charge is 0.399 e. The molecule has 0 bridgehead atoms. The van der Waals surface area contributed by atoms with Crippen LogP contribution in [0.4, 0.5) is 17.6 Å². The van der Waals surface area contributed by atoms with Crippen LogP contribution in [-0.2, 0) is 10.7 Å². The fraction of sp³-hybridized carbons (Fsp3) is 0.250. The number of aromatic nitrogens is 3. The van der Waals surface area contributed by atoms with Gasteiger partial charge in [-0.25, -0.2) is 4.98 Å². The minimum atomic E-state index is -5.11. The molecule has 1 aromatic rings. The Bertz CT molecular complexity index is 648. The first-order chi connectivity index (χ1) is 10.0. The molecule has 0 saturated heterocycles. The van der Waals surface area contributed by atoms with Gasteiger partial charge >= 0.3 is 11.8 Å². The minimum Gasteiger partial charge on any atom is -0.399 e. The van der Waals surface area contributed by atoms with E-state index in [1.165, 1.54) is 12.2 Å². The van der Waals surface area contributed by atoms with E-state index in [4.69, 9.17) is 5.73 Å². The van der Waals surface area contributed by atoms with Crippen molar-refractivity contribution in [1.82, 2.24) is 15.2 Å². The van der Waals surface area contributed by atoms with Crippen LogP contribution in [0.15, 0.2) is 30.5 Å². The summed E-state index contributed by atoms with van der Waals surface area (Å²) in [5.41, 5.74) is 10.2. The molecule has 1 rings (SSSR count). The molecule has 120 valence electrons. The number of halogens is 4. The highest BCUT2D eigenvalue weighted by molar-refractivity contribution is 5.82. The Morgan fingerprint density at radius 3 is 2.36 bits per heavy atom. The van der Waals surface area contributed by atoms with Gasteiger partial charge in [0.15, 0.2) is 5.82 Å². The molecule has 0 spiro atoms.